The average Bonchev–Trinajstić information content (AvgIpc) is 3.56. The molecule has 1 saturated heterocycles. The molecule has 35 heavy (non-hydrogen) atoms. The molecule has 0 radical (unpaired) electrons. The fourth-order valence-electron chi connectivity index (χ4n) is 3.49. The summed E-state index contributed by atoms with van der Waals surface area (Å²) in [6, 6.07) is 11.2. The van der Waals surface area contributed by atoms with Crippen molar-refractivity contribution in [1.82, 2.24) is 9.29 Å². The van der Waals surface area contributed by atoms with Gasteiger partial charge in [-0.3, -0.25) is 10.1 Å². The third-order valence-electron chi connectivity index (χ3n) is 5.32. The van der Waals surface area contributed by atoms with Crippen LogP contribution >= 0.6 is 22.9 Å². The molecule has 1 N–H and O–H groups in total. The van der Waals surface area contributed by atoms with Crippen molar-refractivity contribution in [3.8, 4) is 17.0 Å². The fourth-order valence-corrected chi connectivity index (χ4v) is 6.24. The van der Waals surface area contributed by atoms with Crippen LogP contribution in [0.2, 0.25) is 5.02 Å². The predicted octanol–water partition coefficient (Wildman–Crippen LogP) is 4.05. The number of nitrogens with zero attached hydrogens (tertiary/aromatic N) is 2. The quantitative estimate of drug-likeness (QED) is 0.433. The minimum atomic E-state index is -3.82. The highest BCUT2D eigenvalue weighted by Gasteiger charge is 2.30. The number of ether oxygens (including phenoxy) is 2. The highest BCUT2D eigenvalue weighted by molar-refractivity contribution is 7.89. The molecule has 0 atom stereocenters. The summed E-state index contributed by atoms with van der Waals surface area (Å²) >= 11 is 7.34. The lowest BCUT2D eigenvalue weighted by molar-refractivity contribution is -0.119. The SMILES string of the molecule is COc1ccc(-c2csc(NC(=O)COC(=O)c3ccc(Cl)c(S(=O)(=O)N4CCCC4)c3)n2)cc1. The average molecular weight is 536 g/mol. The monoisotopic (exact) mass is 535 g/mol. The van der Waals surface area contributed by atoms with Crippen molar-refractivity contribution in [3.05, 3.63) is 58.4 Å². The Kier molecular flexibility index (Phi) is 7.70. The van der Waals surface area contributed by atoms with E-state index in [2.05, 4.69) is 10.3 Å². The second-order valence-electron chi connectivity index (χ2n) is 7.65. The number of rotatable bonds is 8. The van der Waals surface area contributed by atoms with E-state index in [0.717, 1.165) is 24.2 Å². The summed E-state index contributed by atoms with van der Waals surface area (Å²) in [6.45, 7) is 0.252. The zero-order valence-corrected chi connectivity index (χ0v) is 21.1. The van der Waals surface area contributed by atoms with E-state index in [9.17, 15) is 18.0 Å². The summed E-state index contributed by atoms with van der Waals surface area (Å²) in [6.07, 6.45) is 1.54. The number of halogens is 1. The zero-order valence-electron chi connectivity index (χ0n) is 18.7. The van der Waals surface area contributed by atoms with Gasteiger partial charge in [0, 0.05) is 24.0 Å². The van der Waals surface area contributed by atoms with Crippen LogP contribution < -0.4 is 10.1 Å². The number of sulfonamides is 1. The number of carbonyl (C=O) groups excluding carboxylic acids is 2. The van der Waals surface area contributed by atoms with Crippen LogP contribution in [0.4, 0.5) is 5.13 Å². The van der Waals surface area contributed by atoms with Crippen molar-refractivity contribution in [3.63, 3.8) is 0 Å². The second-order valence-corrected chi connectivity index (χ2v) is 10.8. The molecule has 1 aliphatic rings. The van der Waals surface area contributed by atoms with Gasteiger partial charge in [0.05, 0.1) is 23.4 Å². The van der Waals surface area contributed by atoms with Crippen molar-refractivity contribution in [1.29, 1.82) is 0 Å². The molecule has 2 aromatic carbocycles. The fraction of sp³-hybridized carbons (Fsp3) is 0.261. The zero-order chi connectivity index (χ0) is 25.0. The van der Waals surface area contributed by atoms with E-state index in [1.807, 2.05) is 24.3 Å². The molecular weight excluding hydrogens is 514 g/mol. The van der Waals surface area contributed by atoms with Gasteiger partial charge < -0.3 is 9.47 Å². The standard InChI is InChI=1S/C23H22ClN3O6S2/c1-32-17-7-4-15(5-8-17)19-14-34-23(25-19)26-21(28)13-33-22(29)16-6-9-18(24)20(12-16)35(30,31)27-10-2-3-11-27/h4-9,12,14H,2-3,10-11,13H2,1H3,(H,25,26,28). The number of methoxy groups -OCH3 is 1. The number of hydrogen-bond acceptors (Lipinski definition) is 8. The number of nitrogens with one attached hydrogen (secondary N) is 1. The summed E-state index contributed by atoms with van der Waals surface area (Å²) in [5.41, 5.74) is 1.52. The van der Waals surface area contributed by atoms with E-state index >= 15 is 0 Å². The van der Waals surface area contributed by atoms with E-state index in [0.29, 0.717) is 23.9 Å². The summed E-state index contributed by atoms with van der Waals surface area (Å²) in [7, 11) is -2.24. The molecule has 1 aliphatic heterocycles. The van der Waals surface area contributed by atoms with E-state index in [4.69, 9.17) is 21.1 Å². The Balaban J connectivity index is 1.36. The number of esters is 1. The van der Waals surface area contributed by atoms with Crippen LogP contribution in [0.5, 0.6) is 5.75 Å². The number of thiazole rings is 1. The molecule has 184 valence electrons. The molecule has 3 aromatic rings. The third-order valence-corrected chi connectivity index (χ3v) is 8.46. The molecule has 0 bridgehead atoms. The van der Waals surface area contributed by atoms with Crippen LogP contribution in [0.25, 0.3) is 11.3 Å². The first-order valence-corrected chi connectivity index (χ1v) is 13.3. The van der Waals surface area contributed by atoms with Gasteiger partial charge in [-0.15, -0.1) is 11.3 Å². The summed E-state index contributed by atoms with van der Waals surface area (Å²) in [5, 5.41) is 4.74. The van der Waals surface area contributed by atoms with E-state index in [1.54, 1.807) is 12.5 Å². The summed E-state index contributed by atoms with van der Waals surface area (Å²) < 4.78 is 37.2. The Labute approximate surface area is 211 Å². The molecule has 9 nitrogen and oxygen atoms in total. The van der Waals surface area contributed by atoms with Gasteiger partial charge in [-0.05, 0) is 55.3 Å². The van der Waals surface area contributed by atoms with Crippen molar-refractivity contribution in [2.75, 3.05) is 32.1 Å². The van der Waals surface area contributed by atoms with Crippen molar-refractivity contribution < 1.29 is 27.5 Å². The largest absolute Gasteiger partial charge is 0.497 e. The first-order chi connectivity index (χ1) is 16.8. The minimum Gasteiger partial charge on any atom is -0.497 e. The van der Waals surface area contributed by atoms with E-state index in [1.165, 1.54) is 33.8 Å². The molecular formula is C23H22ClN3O6S2. The molecule has 0 spiro atoms. The van der Waals surface area contributed by atoms with Gasteiger partial charge in [-0.25, -0.2) is 18.2 Å². The van der Waals surface area contributed by atoms with Gasteiger partial charge in [0.25, 0.3) is 5.91 Å². The number of anilines is 1. The van der Waals surface area contributed by atoms with E-state index in [-0.39, 0.29) is 15.5 Å². The van der Waals surface area contributed by atoms with Crippen LogP contribution in [-0.2, 0) is 19.6 Å². The number of benzene rings is 2. The molecule has 0 saturated carbocycles. The molecule has 12 heteroatoms. The van der Waals surface area contributed by atoms with Gasteiger partial charge in [0.1, 0.15) is 10.6 Å². The maximum atomic E-state index is 12.8. The minimum absolute atomic E-state index is 0.0163. The Bertz CT molecular complexity index is 1340. The smallest absolute Gasteiger partial charge is 0.338 e. The molecule has 2 heterocycles. The second kappa shape index (κ2) is 10.7. The molecule has 4 rings (SSSR count). The highest BCUT2D eigenvalue weighted by atomic mass is 35.5. The van der Waals surface area contributed by atoms with Crippen LogP contribution in [0.1, 0.15) is 23.2 Å². The first kappa shape index (κ1) is 25.1. The van der Waals surface area contributed by atoms with Gasteiger partial charge in [0.15, 0.2) is 11.7 Å². The Morgan fingerprint density at radius 3 is 2.54 bits per heavy atom. The molecule has 1 aromatic heterocycles. The van der Waals surface area contributed by atoms with Crippen LogP contribution in [0, 0.1) is 0 Å². The highest BCUT2D eigenvalue weighted by Crippen LogP contribution is 2.29. The van der Waals surface area contributed by atoms with Crippen molar-refractivity contribution >= 4 is 50.0 Å². The van der Waals surface area contributed by atoms with Crippen molar-refractivity contribution in [2.24, 2.45) is 0 Å². The van der Waals surface area contributed by atoms with Gasteiger partial charge in [0.2, 0.25) is 10.0 Å². The lowest BCUT2D eigenvalue weighted by atomic mass is 10.2. The maximum Gasteiger partial charge on any atom is 0.338 e. The Morgan fingerprint density at radius 2 is 1.86 bits per heavy atom. The molecule has 0 aliphatic carbocycles. The Morgan fingerprint density at radius 1 is 1.14 bits per heavy atom. The number of amides is 1. The molecule has 0 unspecified atom stereocenters. The van der Waals surface area contributed by atoms with Crippen LogP contribution in [0.3, 0.4) is 0 Å². The Hall–Kier alpha value is -2.99. The normalized spacial score (nSPS) is 14.0. The number of carbonyl (C=O) groups is 2. The predicted molar refractivity (Wildman–Crippen MR) is 132 cm³/mol. The number of hydrogen-bond donors (Lipinski definition) is 1. The summed E-state index contributed by atoms with van der Waals surface area (Å²) in [4.78, 5) is 29.0. The molecule has 1 fully saturated rings. The van der Waals surface area contributed by atoms with Crippen LogP contribution in [-0.4, -0.2) is 56.4 Å². The van der Waals surface area contributed by atoms with Gasteiger partial charge in [-0.1, -0.05) is 11.6 Å². The lowest BCUT2D eigenvalue weighted by Gasteiger charge is -2.17. The first-order valence-electron chi connectivity index (χ1n) is 10.6. The van der Waals surface area contributed by atoms with Gasteiger partial charge in [-0.2, -0.15) is 4.31 Å². The maximum absolute atomic E-state index is 12.8. The summed E-state index contributed by atoms with van der Waals surface area (Å²) in [5.74, 6) is -0.693. The van der Waals surface area contributed by atoms with Gasteiger partial charge >= 0.3 is 5.97 Å². The lowest BCUT2D eigenvalue weighted by Crippen LogP contribution is -2.28. The van der Waals surface area contributed by atoms with Crippen LogP contribution in [0.15, 0.2) is 52.7 Å². The number of aromatic nitrogens is 1. The van der Waals surface area contributed by atoms with Crippen molar-refractivity contribution in [2.45, 2.75) is 17.7 Å². The third kappa shape index (κ3) is 5.81. The molecule has 1 amide bonds. The van der Waals surface area contributed by atoms with E-state index < -0.39 is 28.5 Å². The topological polar surface area (TPSA) is 115 Å².